The molecule has 1 aromatic heterocycles. The third kappa shape index (κ3) is 4.80. The van der Waals surface area contributed by atoms with Gasteiger partial charge in [0, 0.05) is 38.4 Å². The number of aromatic nitrogens is 1. The molecule has 1 fully saturated rings. The third-order valence-corrected chi connectivity index (χ3v) is 7.16. The molecule has 2 heterocycles. The van der Waals surface area contributed by atoms with Crippen LogP contribution >= 0.6 is 0 Å². The minimum absolute atomic E-state index is 0.000317. The normalized spacial score (nSPS) is 14.3. The van der Waals surface area contributed by atoms with Crippen LogP contribution in [0.25, 0.3) is 0 Å². The highest BCUT2D eigenvalue weighted by Gasteiger charge is 2.32. The Labute approximate surface area is 193 Å². The van der Waals surface area contributed by atoms with Gasteiger partial charge < -0.3 is 9.64 Å². The van der Waals surface area contributed by atoms with E-state index >= 15 is 0 Å². The van der Waals surface area contributed by atoms with E-state index in [1.807, 2.05) is 6.07 Å². The number of carbonyl (C=O) groups is 2. The van der Waals surface area contributed by atoms with Crippen molar-refractivity contribution >= 4 is 27.6 Å². The molecule has 1 aromatic carbocycles. The number of hydrogen-bond donors (Lipinski definition) is 0. The maximum atomic E-state index is 12.9. The summed E-state index contributed by atoms with van der Waals surface area (Å²) in [6.45, 7) is -0.689. The fourth-order valence-electron chi connectivity index (χ4n) is 3.44. The van der Waals surface area contributed by atoms with Crippen LogP contribution in [0.3, 0.4) is 0 Å². The highest BCUT2D eigenvalue weighted by molar-refractivity contribution is 7.89. The van der Waals surface area contributed by atoms with Crippen LogP contribution in [0.5, 0.6) is 0 Å². The van der Waals surface area contributed by atoms with Crippen LogP contribution in [-0.4, -0.2) is 72.3 Å². The Balaban J connectivity index is 1.76. The number of amides is 1. The maximum absolute atomic E-state index is 12.9. The standard InChI is InChI=1S/C20H19N5O8S/c1-33-20(28)15-10-16(25(29)30)19(27)23(12-15)13-18(26)22-6-8-24(9-7-22)34(31,32)17-5-3-2-4-14(17)11-21/h2-5,10,12H,6-9,13H2,1H3. The van der Waals surface area contributed by atoms with Crippen molar-refractivity contribution in [2.75, 3.05) is 33.3 Å². The van der Waals surface area contributed by atoms with Crippen LogP contribution in [0.4, 0.5) is 5.69 Å². The lowest BCUT2D eigenvalue weighted by molar-refractivity contribution is -0.386. The molecule has 34 heavy (non-hydrogen) atoms. The number of methoxy groups -OCH3 is 1. The molecule has 2 aromatic rings. The minimum Gasteiger partial charge on any atom is -0.465 e. The molecule has 0 spiro atoms. The first kappa shape index (κ1) is 24.6. The van der Waals surface area contributed by atoms with Crippen LogP contribution in [0.15, 0.2) is 46.2 Å². The lowest BCUT2D eigenvalue weighted by Gasteiger charge is -2.34. The number of piperazine rings is 1. The molecule has 1 aliphatic rings. The molecule has 1 saturated heterocycles. The number of sulfonamides is 1. The summed E-state index contributed by atoms with van der Waals surface area (Å²) in [6.07, 6.45) is 0.999. The van der Waals surface area contributed by atoms with Crippen LogP contribution in [0, 0.1) is 21.4 Å². The Hall–Kier alpha value is -4.09. The molecular formula is C20H19N5O8S. The number of esters is 1. The fourth-order valence-corrected chi connectivity index (χ4v) is 5.01. The molecule has 0 bridgehead atoms. The Bertz CT molecular complexity index is 1350. The molecule has 178 valence electrons. The Morgan fingerprint density at radius 1 is 1.21 bits per heavy atom. The molecule has 0 atom stereocenters. The quantitative estimate of drug-likeness (QED) is 0.306. The van der Waals surface area contributed by atoms with Gasteiger partial charge in [-0.2, -0.15) is 9.57 Å². The van der Waals surface area contributed by atoms with Gasteiger partial charge in [-0.05, 0) is 12.1 Å². The number of rotatable bonds is 6. The van der Waals surface area contributed by atoms with E-state index in [-0.39, 0.29) is 42.2 Å². The molecule has 0 aliphatic carbocycles. The van der Waals surface area contributed by atoms with E-state index in [2.05, 4.69) is 4.74 Å². The van der Waals surface area contributed by atoms with Gasteiger partial charge in [0.25, 0.3) is 0 Å². The predicted molar refractivity (Wildman–Crippen MR) is 115 cm³/mol. The SMILES string of the molecule is COC(=O)c1cc([N+](=O)[O-])c(=O)n(CC(=O)N2CCN(S(=O)(=O)c3ccccc3C#N)CC2)c1. The number of nitrogens with zero attached hydrogens (tertiary/aromatic N) is 5. The molecule has 0 unspecified atom stereocenters. The molecule has 1 amide bonds. The second kappa shape index (κ2) is 9.81. The largest absolute Gasteiger partial charge is 0.465 e. The summed E-state index contributed by atoms with van der Waals surface area (Å²) in [5.41, 5.74) is -2.22. The minimum atomic E-state index is -3.96. The van der Waals surface area contributed by atoms with E-state index in [0.29, 0.717) is 0 Å². The molecule has 3 rings (SSSR count). The van der Waals surface area contributed by atoms with Gasteiger partial charge in [-0.25, -0.2) is 13.2 Å². The summed E-state index contributed by atoms with van der Waals surface area (Å²) in [5.74, 6) is -1.51. The Kier molecular flexibility index (Phi) is 7.08. The van der Waals surface area contributed by atoms with Crippen molar-refractivity contribution in [3.8, 4) is 6.07 Å². The Morgan fingerprint density at radius 2 is 1.85 bits per heavy atom. The average molecular weight is 489 g/mol. The lowest BCUT2D eigenvalue weighted by Crippen LogP contribution is -2.51. The van der Waals surface area contributed by atoms with Crippen molar-refractivity contribution < 1.29 is 27.7 Å². The summed E-state index contributed by atoms with van der Waals surface area (Å²) in [5, 5.41) is 20.4. The predicted octanol–water partition coefficient (Wildman–Crippen LogP) is -0.0521. The smallest absolute Gasteiger partial charge is 0.339 e. The van der Waals surface area contributed by atoms with Gasteiger partial charge in [-0.15, -0.1) is 0 Å². The van der Waals surface area contributed by atoms with Gasteiger partial charge in [0.05, 0.1) is 28.1 Å². The van der Waals surface area contributed by atoms with E-state index < -0.39 is 44.6 Å². The van der Waals surface area contributed by atoms with Gasteiger partial charge in [-0.3, -0.25) is 24.3 Å². The van der Waals surface area contributed by atoms with Gasteiger partial charge in [-0.1, -0.05) is 12.1 Å². The molecule has 0 saturated carbocycles. The second-order valence-electron chi connectivity index (χ2n) is 7.19. The summed E-state index contributed by atoms with van der Waals surface area (Å²) in [4.78, 5) is 48.3. The number of pyridine rings is 1. The highest BCUT2D eigenvalue weighted by Crippen LogP contribution is 2.21. The molecular weight excluding hydrogens is 470 g/mol. The molecule has 13 nitrogen and oxygen atoms in total. The monoisotopic (exact) mass is 489 g/mol. The average Bonchev–Trinajstić information content (AvgIpc) is 2.84. The van der Waals surface area contributed by atoms with E-state index in [1.165, 1.54) is 23.1 Å². The van der Waals surface area contributed by atoms with Crippen molar-refractivity contribution in [1.82, 2.24) is 13.8 Å². The van der Waals surface area contributed by atoms with Crippen molar-refractivity contribution in [2.24, 2.45) is 0 Å². The van der Waals surface area contributed by atoms with Crippen LogP contribution in [-0.2, 0) is 26.1 Å². The zero-order valence-electron chi connectivity index (χ0n) is 17.9. The van der Waals surface area contributed by atoms with E-state index in [0.717, 1.165) is 28.2 Å². The summed E-state index contributed by atoms with van der Waals surface area (Å²) >= 11 is 0. The summed E-state index contributed by atoms with van der Waals surface area (Å²) < 4.78 is 32.3. The zero-order chi connectivity index (χ0) is 25.0. The van der Waals surface area contributed by atoms with Crippen molar-refractivity contribution in [2.45, 2.75) is 11.4 Å². The highest BCUT2D eigenvalue weighted by atomic mass is 32.2. The first-order valence-electron chi connectivity index (χ1n) is 9.84. The van der Waals surface area contributed by atoms with Crippen LogP contribution in [0.1, 0.15) is 15.9 Å². The molecule has 0 radical (unpaired) electrons. The fraction of sp³-hybridized carbons (Fsp3) is 0.300. The van der Waals surface area contributed by atoms with Crippen LogP contribution in [0.2, 0.25) is 0 Å². The van der Waals surface area contributed by atoms with E-state index in [9.17, 15) is 38.2 Å². The van der Waals surface area contributed by atoms with Crippen molar-refractivity contribution in [1.29, 1.82) is 5.26 Å². The van der Waals surface area contributed by atoms with E-state index in [4.69, 9.17) is 0 Å². The zero-order valence-corrected chi connectivity index (χ0v) is 18.7. The molecule has 0 N–H and O–H groups in total. The van der Waals surface area contributed by atoms with Crippen molar-refractivity contribution in [3.63, 3.8) is 0 Å². The first-order chi connectivity index (χ1) is 16.1. The topological polar surface area (TPSA) is 173 Å². The number of carbonyl (C=O) groups excluding carboxylic acids is 2. The second-order valence-corrected chi connectivity index (χ2v) is 9.09. The van der Waals surface area contributed by atoms with Crippen molar-refractivity contribution in [3.05, 3.63) is 68.1 Å². The number of ether oxygens (including phenoxy) is 1. The molecule has 14 heteroatoms. The number of nitriles is 1. The number of benzene rings is 1. The summed E-state index contributed by atoms with van der Waals surface area (Å²) in [7, 11) is -2.89. The maximum Gasteiger partial charge on any atom is 0.339 e. The summed E-state index contributed by atoms with van der Waals surface area (Å²) in [6, 6.07) is 8.41. The molecule has 1 aliphatic heterocycles. The van der Waals surface area contributed by atoms with E-state index in [1.54, 1.807) is 6.07 Å². The lowest BCUT2D eigenvalue weighted by atomic mass is 10.2. The van der Waals surface area contributed by atoms with Crippen LogP contribution < -0.4 is 5.56 Å². The Morgan fingerprint density at radius 3 is 2.44 bits per heavy atom. The van der Waals surface area contributed by atoms with Gasteiger partial charge in [0.1, 0.15) is 12.6 Å². The number of nitro groups is 1. The van der Waals surface area contributed by atoms with Gasteiger partial charge in [0.15, 0.2) is 0 Å². The first-order valence-corrected chi connectivity index (χ1v) is 11.3. The number of hydrogen-bond acceptors (Lipinski definition) is 9. The third-order valence-electron chi connectivity index (χ3n) is 5.21. The van der Waals surface area contributed by atoms with Gasteiger partial charge >= 0.3 is 17.2 Å². The van der Waals surface area contributed by atoms with Gasteiger partial charge in [0.2, 0.25) is 15.9 Å².